The van der Waals surface area contributed by atoms with Crippen LogP contribution in [-0.4, -0.2) is 38.1 Å². The minimum atomic E-state index is -0.202. The van der Waals surface area contributed by atoms with Crippen LogP contribution in [0, 0.1) is 11.7 Å². The highest BCUT2D eigenvalue weighted by Gasteiger charge is 2.41. The predicted molar refractivity (Wildman–Crippen MR) is 102 cm³/mol. The van der Waals surface area contributed by atoms with Crippen molar-refractivity contribution in [2.45, 2.75) is 19.4 Å². The van der Waals surface area contributed by atoms with E-state index in [1.54, 1.807) is 6.07 Å². The van der Waals surface area contributed by atoms with Crippen molar-refractivity contribution in [2.24, 2.45) is 5.92 Å². The summed E-state index contributed by atoms with van der Waals surface area (Å²) >= 11 is 0. The molecule has 1 fully saturated rings. The first kappa shape index (κ1) is 16.9. The molecule has 2 aliphatic rings. The normalized spacial score (nSPS) is 21.8. The summed E-state index contributed by atoms with van der Waals surface area (Å²) in [6.45, 7) is 4.75. The molecule has 136 valence electrons. The fourth-order valence-corrected chi connectivity index (χ4v) is 4.29. The second-order valence-corrected chi connectivity index (χ2v) is 6.99. The Morgan fingerprint density at radius 3 is 2.62 bits per heavy atom. The number of amides is 1. The van der Waals surface area contributed by atoms with Crippen LogP contribution >= 0.6 is 0 Å². The lowest BCUT2D eigenvalue weighted by molar-refractivity contribution is -0.125. The second-order valence-electron chi connectivity index (χ2n) is 6.99. The van der Waals surface area contributed by atoms with Crippen LogP contribution in [0.1, 0.15) is 12.5 Å². The molecule has 4 nitrogen and oxygen atoms in total. The van der Waals surface area contributed by atoms with Crippen LogP contribution in [-0.2, 0) is 11.2 Å². The standard InChI is InChI=1S/C21H24FN3O/c1-2-23-21(26)16-13-15-7-3-5-9-18(15)25-12-11-24(14-20(16)25)19-10-6-4-8-17(19)22/h3-10,16,20H,2,11-14H2,1H3,(H,23,26). The van der Waals surface area contributed by atoms with Crippen molar-refractivity contribution in [2.75, 3.05) is 36.0 Å². The molecule has 1 N–H and O–H groups in total. The van der Waals surface area contributed by atoms with Crippen molar-refractivity contribution in [1.29, 1.82) is 0 Å². The van der Waals surface area contributed by atoms with Crippen LogP contribution in [0.15, 0.2) is 48.5 Å². The van der Waals surface area contributed by atoms with E-state index in [0.29, 0.717) is 18.8 Å². The Labute approximate surface area is 153 Å². The number of hydrogen-bond acceptors (Lipinski definition) is 3. The number of nitrogens with one attached hydrogen (secondary N) is 1. The summed E-state index contributed by atoms with van der Waals surface area (Å²) in [5.74, 6) is -0.237. The summed E-state index contributed by atoms with van der Waals surface area (Å²) in [4.78, 5) is 17.2. The van der Waals surface area contributed by atoms with Gasteiger partial charge >= 0.3 is 0 Å². The first-order chi connectivity index (χ1) is 12.7. The number of nitrogens with zero attached hydrogens (tertiary/aromatic N) is 2. The van der Waals surface area contributed by atoms with Crippen molar-refractivity contribution in [3.8, 4) is 0 Å². The third-order valence-electron chi connectivity index (χ3n) is 5.50. The molecule has 1 amide bonds. The highest BCUT2D eigenvalue weighted by atomic mass is 19.1. The monoisotopic (exact) mass is 353 g/mol. The van der Waals surface area contributed by atoms with Crippen molar-refractivity contribution in [3.05, 3.63) is 59.9 Å². The average molecular weight is 353 g/mol. The van der Waals surface area contributed by atoms with E-state index in [2.05, 4.69) is 27.2 Å². The summed E-state index contributed by atoms with van der Waals surface area (Å²) in [7, 11) is 0. The Morgan fingerprint density at radius 2 is 1.85 bits per heavy atom. The number of anilines is 2. The van der Waals surface area contributed by atoms with E-state index in [-0.39, 0.29) is 23.7 Å². The molecule has 26 heavy (non-hydrogen) atoms. The van der Waals surface area contributed by atoms with Crippen LogP contribution in [0.2, 0.25) is 0 Å². The van der Waals surface area contributed by atoms with Gasteiger partial charge in [-0.1, -0.05) is 30.3 Å². The zero-order valence-corrected chi connectivity index (χ0v) is 15.0. The third kappa shape index (κ3) is 2.91. The Morgan fingerprint density at radius 1 is 1.12 bits per heavy atom. The Bertz CT molecular complexity index is 809. The number of hydrogen-bond donors (Lipinski definition) is 1. The van der Waals surface area contributed by atoms with Gasteiger partial charge in [0.2, 0.25) is 5.91 Å². The minimum Gasteiger partial charge on any atom is -0.365 e. The maximum atomic E-state index is 14.3. The Hall–Kier alpha value is -2.56. The first-order valence-electron chi connectivity index (χ1n) is 9.30. The van der Waals surface area contributed by atoms with Gasteiger partial charge in [-0.15, -0.1) is 0 Å². The van der Waals surface area contributed by atoms with Crippen LogP contribution in [0.5, 0.6) is 0 Å². The number of halogens is 1. The van der Waals surface area contributed by atoms with Gasteiger partial charge in [0, 0.05) is 31.9 Å². The number of para-hydroxylation sites is 2. The van der Waals surface area contributed by atoms with Crippen molar-refractivity contribution in [3.63, 3.8) is 0 Å². The SMILES string of the molecule is CCNC(=O)C1Cc2ccccc2N2CCN(c3ccccc3F)CC12. The van der Waals surface area contributed by atoms with Gasteiger partial charge in [0.25, 0.3) is 0 Å². The molecule has 2 heterocycles. The largest absolute Gasteiger partial charge is 0.365 e. The number of piperazine rings is 1. The van der Waals surface area contributed by atoms with E-state index in [1.165, 1.54) is 17.3 Å². The molecule has 0 radical (unpaired) electrons. The van der Waals surface area contributed by atoms with Gasteiger partial charge in [-0.3, -0.25) is 4.79 Å². The zero-order valence-electron chi connectivity index (χ0n) is 15.0. The van der Waals surface area contributed by atoms with Gasteiger partial charge in [-0.25, -0.2) is 4.39 Å². The molecule has 2 atom stereocenters. The molecule has 2 aromatic rings. The Balaban J connectivity index is 1.67. The summed E-state index contributed by atoms with van der Waals surface area (Å²) in [6.07, 6.45) is 0.730. The van der Waals surface area contributed by atoms with E-state index in [9.17, 15) is 9.18 Å². The molecule has 2 unspecified atom stereocenters. The average Bonchev–Trinajstić information content (AvgIpc) is 2.67. The first-order valence-corrected chi connectivity index (χ1v) is 9.30. The van der Waals surface area contributed by atoms with Gasteiger partial charge in [-0.05, 0) is 37.1 Å². The molecule has 0 aliphatic carbocycles. The van der Waals surface area contributed by atoms with E-state index in [4.69, 9.17) is 0 Å². The lowest BCUT2D eigenvalue weighted by atomic mass is 9.83. The molecular formula is C21H24FN3O. The highest BCUT2D eigenvalue weighted by molar-refractivity contribution is 5.82. The molecule has 1 saturated heterocycles. The Kier molecular flexibility index (Phi) is 4.53. The fraction of sp³-hybridized carbons (Fsp3) is 0.381. The minimum absolute atomic E-state index is 0.0461. The highest BCUT2D eigenvalue weighted by Crippen LogP contribution is 2.37. The van der Waals surface area contributed by atoms with E-state index in [1.807, 2.05) is 31.2 Å². The quantitative estimate of drug-likeness (QED) is 0.922. The van der Waals surface area contributed by atoms with Crippen molar-refractivity contribution in [1.82, 2.24) is 5.32 Å². The predicted octanol–water partition coefficient (Wildman–Crippen LogP) is 2.83. The molecule has 0 bridgehead atoms. The van der Waals surface area contributed by atoms with E-state index >= 15 is 0 Å². The summed E-state index contributed by atoms with van der Waals surface area (Å²) < 4.78 is 14.3. The third-order valence-corrected chi connectivity index (χ3v) is 5.50. The summed E-state index contributed by atoms with van der Waals surface area (Å²) in [5, 5.41) is 2.99. The van der Waals surface area contributed by atoms with Gasteiger partial charge < -0.3 is 15.1 Å². The number of rotatable bonds is 3. The van der Waals surface area contributed by atoms with Crippen LogP contribution in [0.25, 0.3) is 0 Å². The van der Waals surface area contributed by atoms with Gasteiger partial charge in [-0.2, -0.15) is 0 Å². The molecule has 0 spiro atoms. The topological polar surface area (TPSA) is 35.6 Å². The summed E-state index contributed by atoms with van der Waals surface area (Å²) in [6, 6.07) is 15.3. The molecule has 4 rings (SSSR count). The van der Waals surface area contributed by atoms with Gasteiger partial charge in [0.15, 0.2) is 0 Å². The number of carbonyl (C=O) groups excluding carboxylic acids is 1. The van der Waals surface area contributed by atoms with Gasteiger partial charge in [0.05, 0.1) is 17.6 Å². The second kappa shape index (κ2) is 6.98. The fourth-order valence-electron chi connectivity index (χ4n) is 4.29. The molecule has 0 saturated carbocycles. The smallest absolute Gasteiger partial charge is 0.225 e. The van der Waals surface area contributed by atoms with Crippen LogP contribution in [0.3, 0.4) is 0 Å². The van der Waals surface area contributed by atoms with Crippen molar-refractivity contribution < 1.29 is 9.18 Å². The van der Waals surface area contributed by atoms with E-state index < -0.39 is 0 Å². The molecule has 0 aromatic heterocycles. The van der Waals surface area contributed by atoms with Crippen molar-refractivity contribution >= 4 is 17.3 Å². The molecule has 2 aromatic carbocycles. The van der Waals surface area contributed by atoms with Crippen LogP contribution in [0.4, 0.5) is 15.8 Å². The molecule has 2 aliphatic heterocycles. The summed E-state index contributed by atoms with van der Waals surface area (Å²) in [5.41, 5.74) is 3.06. The molecule has 5 heteroatoms. The maximum absolute atomic E-state index is 14.3. The maximum Gasteiger partial charge on any atom is 0.225 e. The lowest BCUT2D eigenvalue weighted by Gasteiger charge is -2.49. The zero-order chi connectivity index (χ0) is 18.1. The van der Waals surface area contributed by atoms with E-state index in [0.717, 1.165) is 19.5 Å². The lowest BCUT2D eigenvalue weighted by Crippen LogP contribution is -2.61. The number of fused-ring (bicyclic) bond motifs is 3. The number of benzene rings is 2. The molecular weight excluding hydrogens is 329 g/mol. The van der Waals surface area contributed by atoms with Crippen LogP contribution < -0.4 is 15.1 Å². The van der Waals surface area contributed by atoms with Gasteiger partial charge in [0.1, 0.15) is 5.82 Å². The number of carbonyl (C=O) groups is 1.